The van der Waals surface area contributed by atoms with Crippen LogP contribution < -0.4 is 19.7 Å². The Morgan fingerprint density at radius 1 is 0.925 bits per heavy atom. The van der Waals surface area contributed by atoms with E-state index in [0.29, 0.717) is 54.2 Å². The second-order valence-electron chi connectivity index (χ2n) is 9.57. The van der Waals surface area contributed by atoms with Crippen LogP contribution in [0.4, 0.5) is 16.3 Å². The van der Waals surface area contributed by atoms with Gasteiger partial charge < -0.3 is 24.6 Å². The van der Waals surface area contributed by atoms with Crippen molar-refractivity contribution in [3.8, 4) is 22.9 Å². The van der Waals surface area contributed by atoms with E-state index in [0.717, 1.165) is 29.1 Å². The lowest BCUT2D eigenvalue weighted by molar-refractivity contribution is 0.208. The van der Waals surface area contributed by atoms with Gasteiger partial charge in [0.2, 0.25) is 0 Å². The number of hydrogen-bond acceptors (Lipinski definition) is 6. The second kappa shape index (κ2) is 12.3. The number of benzene rings is 3. The lowest BCUT2D eigenvalue weighted by atomic mass is 10.0. The van der Waals surface area contributed by atoms with Gasteiger partial charge in [-0.15, -0.1) is 0 Å². The highest BCUT2D eigenvalue weighted by Crippen LogP contribution is 2.31. The molecule has 5 rings (SSSR count). The number of aromatic nitrogens is 2. The maximum absolute atomic E-state index is 13.1. The maximum atomic E-state index is 13.1. The largest absolute Gasteiger partial charge is 0.497 e. The van der Waals surface area contributed by atoms with E-state index in [1.54, 1.807) is 32.4 Å². The fourth-order valence-electron chi connectivity index (χ4n) is 4.79. The number of aryl methyl sites for hydroxylation is 1. The lowest BCUT2D eigenvalue weighted by Crippen LogP contribution is -2.50. The maximum Gasteiger partial charge on any atom is 0.322 e. The second-order valence-corrected chi connectivity index (χ2v) is 10.0. The van der Waals surface area contributed by atoms with Crippen LogP contribution in [0.2, 0.25) is 5.02 Å². The molecule has 0 bridgehead atoms. The number of amides is 2. The van der Waals surface area contributed by atoms with Gasteiger partial charge in [-0.05, 0) is 48.9 Å². The van der Waals surface area contributed by atoms with Crippen molar-refractivity contribution in [2.75, 3.05) is 50.6 Å². The number of hydrogen-bond donors (Lipinski definition) is 1. The molecule has 1 N–H and O–H groups in total. The molecule has 0 radical (unpaired) electrons. The third-order valence-corrected chi connectivity index (χ3v) is 7.29. The highest BCUT2D eigenvalue weighted by molar-refractivity contribution is 6.30. The Hall–Kier alpha value is -4.30. The van der Waals surface area contributed by atoms with Gasteiger partial charge in [0.05, 0.1) is 19.9 Å². The van der Waals surface area contributed by atoms with Crippen molar-refractivity contribution < 1.29 is 14.3 Å². The molecule has 9 heteroatoms. The minimum absolute atomic E-state index is 0.173. The summed E-state index contributed by atoms with van der Waals surface area (Å²) >= 11 is 6.12. The summed E-state index contributed by atoms with van der Waals surface area (Å²) in [5.41, 5.74) is 4.72. The number of nitrogens with zero attached hydrogens (tertiary/aromatic N) is 4. The first-order valence-corrected chi connectivity index (χ1v) is 13.5. The molecule has 0 atom stereocenters. The molecular formula is C31H32ClN5O3. The number of anilines is 2. The lowest BCUT2D eigenvalue weighted by Gasteiger charge is -2.36. The fourth-order valence-corrected chi connectivity index (χ4v) is 4.92. The Morgan fingerprint density at radius 3 is 2.33 bits per heavy atom. The van der Waals surface area contributed by atoms with Crippen LogP contribution in [0, 0.1) is 6.92 Å². The molecule has 1 saturated heterocycles. The first-order valence-electron chi connectivity index (χ1n) is 13.2. The number of ether oxygens (including phenoxy) is 2. The third-order valence-electron chi connectivity index (χ3n) is 7.03. The number of carbonyl (C=O) groups excluding carboxylic acids is 1. The summed E-state index contributed by atoms with van der Waals surface area (Å²) in [4.78, 5) is 27.1. The van der Waals surface area contributed by atoms with Gasteiger partial charge in [-0.25, -0.2) is 14.8 Å². The van der Waals surface area contributed by atoms with Crippen molar-refractivity contribution >= 4 is 29.1 Å². The smallest absolute Gasteiger partial charge is 0.322 e. The van der Waals surface area contributed by atoms with E-state index in [4.69, 9.17) is 31.0 Å². The highest BCUT2D eigenvalue weighted by Gasteiger charge is 2.26. The standard InChI is InChI=1S/C31H32ClN5O3/c1-21-26(19-22-7-5-4-6-8-22)30(35-29(33-21)23-9-11-24(32)12-10-23)36-15-17-37(18-16-36)31(38)34-27-14-13-25(39-2)20-28(27)40-3/h4-14,20H,15-19H2,1-3H3,(H,34,38). The zero-order valence-electron chi connectivity index (χ0n) is 22.9. The van der Waals surface area contributed by atoms with E-state index in [9.17, 15) is 4.79 Å². The average molecular weight is 558 g/mol. The molecule has 0 aliphatic carbocycles. The molecule has 3 aromatic carbocycles. The number of urea groups is 1. The van der Waals surface area contributed by atoms with Gasteiger partial charge >= 0.3 is 6.03 Å². The van der Waals surface area contributed by atoms with E-state index in [1.807, 2.05) is 54.3 Å². The molecule has 1 aliphatic rings. The summed E-state index contributed by atoms with van der Waals surface area (Å²) < 4.78 is 10.7. The van der Waals surface area contributed by atoms with Crippen molar-refractivity contribution in [2.45, 2.75) is 13.3 Å². The fraction of sp³-hybridized carbons (Fsp3) is 0.258. The van der Waals surface area contributed by atoms with Crippen LogP contribution in [0.5, 0.6) is 11.5 Å². The van der Waals surface area contributed by atoms with E-state index in [1.165, 1.54) is 5.56 Å². The molecule has 0 unspecified atom stereocenters. The summed E-state index contributed by atoms with van der Waals surface area (Å²) in [7, 11) is 3.16. The molecule has 0 spiro atoms. The summed E-state index contributed by atoms with van der Waals surface area (Å²) in [6.07, 6.45) is 0.723. The topological polar surface area (TPSA) is 79.8 Å². The van der Waals surface area contributed by atoms with Crippen LogP contribution in [-0.2, 0) is 6.42 Å². The van der Waals surface area contributed by atoms with E-state index in [-0.39, 0.29) is 6.03 Å². The molecule has 0 saturated carbocycles. The van der Waals surface area contributed by atoms with Gasteiger partial charge in [0.15, 0.2) is 5.82 Å². The Balaban J connectivity index is 1.37. The number of rotatable bonds is 7. The summed E-state index contributed by atoms with van der Waals surface area (Å²) in [5.74, 6) is 2.77. The molecule has 1 fully saturated rings. The molecule has 40 heavy (non-hydrogen) atoms. The van der Waals surface area contributed by atoms with Crippen LogP contribution in [0.1, 0.15) is 16.8 Å². The summed E-state index contributed by atoms with van der Waals surface area (Å²) in [6.45, 7) is 4.43. The molecule has 206 valence electrons. The quantitative estimate of drug-likeness (QED) is 0.297. The Morgan fingerprint density at radius 2 is 1.65 bits per heavy atom. The minimum atomic E-state index is -0.173. The van der Waals surface area contributed by atoms with Gasteiger partial charge in [-0.2, -0.15) is 0 Å². The summed E-state index contributed by atoms with van der Waals surface area (Å²) in [6, 6.07) is 23.1. The predicted molar refractivity (Wildman–Crippen MR) is 159 cm³/mol. The third kappa shape index (κ3) is 6.13. The molecule has 2 heterocycles. The van der Waals surface area contributed by atoms with Crippen molar-refractivity contribution in [3.63, 3.8) is 0 Å². The summed E-state index contributed by atoms with van der Waals surface area (Å²) in [5, 5.41) is 3.65. The number of carbonyl (C=O) groups is 1. The average Bonchev–Trinajstić information content (AvgIpc) is 2.99. The van der Waals surface area contributed by atoms with Gasteiger partial charge in [0.25, 0.3) is 0 Å². The van der Waals surface area contributed by atoms with Crippen LogP contribution in [0.15, 0.2) is 72.8 Å². The number of halogens is 1. The van der Waals surface area contributed by atoms with Crippen molar-refractivity contribution in [2.24, 2.45) is 0 Å². The Kier molecular flexibility index (Phi) is 8.36. The number of methoxy groups -OCH3 is 2. The molecule has 1 aromatic heterocycles. The van der Waals surface area contributed by atoms with Crippen LogP contribution in [0.25, 0.3) is 11.4 Å². The van der Waals surface area contributed by atoms with Crippen molar-refractivity contribution in [3.05, 3.63) is 94.6 Å². The number of nitrogens with one attached hydrogen (secondary N) is 1. The Bertz CT molecular complexity index is 1470. The predicted octanol–water partition coefficient (Wildman–Crippen LogP) is 6.07. The van der Waals surface area contributed by atoms with Crippen LogP contribution in [-0.4, -0.2) is 61.3 Å². The molecule has 4 aromatic rings. The Labute approximate surface area is 239 Å². The van der Waals surface area contributed by atoms with Crippen LogP contribution >= 0.6 is 11.6 Å². The number of piperazine rings is 1. The SMILES string of the molecule is COc1ccc(NC(=O)N2CCN(c3nc(-c4ccc(Cl)cc4)nc(C)c3Cc3ccccc3)CC2)c(OC)c1. The van der Waals surface area contributed by atoms with Crippen LogP contribution in [0.3, 0.4) is 0 Å². The van der Waals surface area contributed by atoms with Gasteiger partial charge in [0.1, 0.15) is 17.3 Å². The first-order chi connectivity index (χ1) is 19.4. The first kappa shape index (κ1) is 27.3. The molecule has 1 aliphatic heterocycles. The van der Waals surface area contributed by atoms with E-state index >= 15 is 0 Å². The van der Waals surface area contributed by atoms with Crippen molar-refractivity contribution in [1.29, 1.82) is 0 Å². The minimum Gasteiger partial charge on any atom is -0.497 e. The van der Waals surface area contributed by atoms with Gasteiger partial charge in [0, 0.05) is 60.5 Å². The zero-order valence-corrected chi connectivity index (χ0v) is 23.6. The zero-order chi connectivity index (χ0) is 28.1. The molecular weight excluding hydrogens is 526 g/mol. The van der Waals surface area contributed by atoms with Gasteiger partial charge in [-0.1, -0.05) is 41.9 Å². The van der Waals surface area contributed by atoms with E-state index < -0.39 is 0 Å². The van der Waals surface area contributed by atoms with Gasteiger partial charge in [-0.3, -0.25) is 0 Å². The monoisotopic (exact) mass is 557 g/mol. The molecule has 8 nitrogen and oxygen atoms in total. The molecule has 2 amide bonds. The highest BCUT2D eigenvalue weighted by atomic mass is 35.5. The van der Waals surface area contributed by atoms with Crippen molar-refractivity contribution in [1.82, 2.24) is 14.9 Å². The normalized spacial score (nSPS) is 13.2. The van der Waals surface area contributed by atoms with E-state index in [2.05, 4.69) is 22.3 Å².